The molecule has 3 rings (SSSR count). The molecule has 2 aromatic carbocycles. The minimum absolute atomic E-state index is 0.00595. The number of hydrogen-bond donors (Lipinski definition) is 2. The molecule has 1 aromatic heterocycles. The smallest absolute Gasteiger partial charge is 0.417 e. The molecule has 31 heavy (non-hydrogen) atoms. The van der Waals surface area contributed by atoms with Crippen molar-refractivity contribution in [3.8, 4) is 0 Å². The van der Waals surface area contributed by atoms with Gasteiger partial charge in [-0.1, -0.05) is 23.7 Å². The molecule has 1 unspecified atom stereocenters. The largest absolute Gasteiger partial charge is 0.422 e. The maximum Gasteiger partial charge on any atom is 0.417 e. The fourth-order valence-electron chi connectivity index (χ4n) is 3.36. The lowest BCUT2D eigenvalue weighted by molar-refractivity contribution is -0.885. The summed E-state index contributed by atoms with van der Waals surface area (Å²) in [5, 5.41) is 2.82. The third kappa shape index (κ3) is 5.26. The second-order valence-corrected chi connectivity index (χ2v) is 7.93. The topological polar surface area (TPSA) is 63.8 Å². The number of aryl methyl sites for hydroxylation is 2. The summed E-state index contributed by atoms with van der Waals surface area (Å²) in [6.45, 7) is 4.13. The van der Waals surface area contributed by atoms with Gasteiger partial charge in [-0.25, -0.2) is 4.79 Å². The van der Waals surface area contributed by atoms with E-state index in [4.69, 9.17) is 16.0 Å². The van der Waals surface area contributed by atoms with E-state index in [1.165, 1.54) is 12.1 Å². The zero-order valence-electron chi connectivity index (χ0n) is 17.1. The maximum absolute atomic E-state index is 13.0. The van der Waals surface area contributed by atoms with E-state index in [9.17, 15) is 22.8 Å². The number of rotatable bonds is 5. The van der Waals surface area contributed by atoms with Gasteiger partial charge in [0.05, 0.1) is 17.6 Å². The summed E-state index contributed by atoms with van der Waals surface area (Å²) in [6.07, 6.45) is -4.62. The van der Waals surface area contributed by atoms with Crippen LogP contribution in [0.2, 0.25) is 5.02 Å². The first kappa shape index (κ1) is 22.8. The van der Waals surface area contributed by atoms with E-state index in [1.54, 1.807) is 7.05 Å². The van der Waals surface area contributed by atoms with E-state index < -0.39 is 28.3 Å². The van der Waals surface area contributed by atoms with Gasteiger partial charge in [0, 0.05) is 22.7 Å². The first-order valence-electron chi connectivity index (χ1n) is 9.46. The normalized spacial score (nSPS) is 12.7. The zero-order chi connectivity index (χ0) is 22.9. The zero-order valence-corrected chi connectivity index (χ0v) is 17.9. The monoisotopic (exact) mass is 453 g/mol. The molecule has 1 amide bonds. The van der Waals surface area contributed by atoms with Gasteiger partial charge < -0.3 is 14.6 Å². The molecule has 1 heterocycles. The number of quaternary nitrogens is 1. The second-order valence-electron chi connectivity index (χ2n) is 7.53. The van der Waals surface area contributed by atoms with Crippen molar-refractivity contribution in [2.24, 2.45) is 0 Å². The van der Waals surface area contributed by atoms with Gasteiger partial charge in [0.15, 0.2) is 6.54 Å². The van der Waals surface area contributed by atoms with Gasteiger partial charge in [0.25, 0.3) is 5.91 Å². The molecule has 0 aliphatic heterocycles. The highest BCUT2D eigenvalue weighted by Crippen LogP contribution is 2.36. The Balaban J connectivity index is 1.75. The van der Waals surface area contributed by atoms with Gasteiger partial charge in [-0.3, -0.25) is 4.79 Å². The molecule has 0 bridgehead atoms. The minimum Gasteiger partial charge on any atom is -0.422 e. The summed E-state index contributed by atoms with van der Waals surface area (Å²) < 4.78 is 44.4. The Labute approximate surface area is 181 Å². The number of carbonyl (C=O) groups excluding carboxylic acids is 1. The summed E-state index contributed by atoms with van der Waals surface area (Å²) in [6, 6.07) is 8.41. The Morgan fingerprint density at radius 2 is 1.87 bits per heavy atom. The average molecular weight is 454 g/mol. The standard InChI is InChI=1S/C22H20ClF3N2O3/c1-12-4-6-16-14(8-20(30)31-21(16)13(12)2)10-28(3)11-19(29)27-15-5-7-18(23)17(9-15)22(24,25)26/h4-9H,10-11H2,1-3H3,(H,27,29)/p+1. The third-order valence-corrected chi connectivity index (χ3v) is 5.36. The molecule has 9 heteroatoms. The molecule has 2 N–H and O–H groups in total. The van der Waals surface area contributed by atoms with Gasteiger partial charge in [-0.15, -0.1) is 0 Å². The van der Waals surface area contributed by atoms with Crippen LogP contribution in [0.4, 0.5) is 18.9 Å². The number of anilines is 1. The van der Waals surface area contributed by atoms with Crippen LogP contribution < -0.4 is 15.8 Å². The quantitative estimate of drug-likeness (QED) is 0.579. The number of amides is 1. The van der Waals surface area contributed by atoms with Crippen molar-refractivity contribution in [1.29, 1.82) is 0 Å². The van der Waals surface area contributed by atoms with Crippen LogP contribution in [0.5, 0.6) is 0 Å². The molecular formula is C22H21ClF3N2O3+. The lowest BCUT2D eigenvalue weighted by atomic mass is 10.0. The number of halogens is 4. The number of benzene rings is 2. The minimum atomic E-state index is -4.62. The molecule has 0 aliphatic carbocycles. The highest BCUT2D eigenvalue weighted by Gasteiger charge is 2.33. The van der Waals surface area contributed by atoms with E-state index >= 15 is 0 Å². The van der Waals surface area contributed by atoms with Crippen molar-refractivity contribution in [2.45, 2.75) is 26.6 Å². The fourth-order valence-corrected chi connectivity index (χ4v) is 3.58. The molecule has 0 spiro atoms. The summed E-state index contributed by atoms with van der Waals surface area (Å²) in [5.41, 5.74) is 1.62. The molecule has 0 aliphatic rings. The lowest BCUT2D eigenvalue weighted by Crippen LogP contribution is -3.08. The van der Waals surface area contributed by atoms with E-state index in [0.29, 0.717) is 12.1 Å². The van der Waals surface area contributed by atoms with Gasteiger partial charge in [0.1, 0.15) is 12.1 Å². The van der Waals surface area contributed by atoms with Gasteiger partial charge in [0.2, 0.25) is 0 Å². The number of fused-ring (bicyclic) bond motifs is 1. The van der Waals surface area contributed by atoms with E-state index in [2.05, 4.69) is 5.32 Å². The summed E-state index contributed by atoms with van der Waals surface area (Å²) in [5.74, 6) is -0.466. The van der Waals surface area contributed by atoms with Gasteiger partial charge >= 0.3 is 11.8 Å². The number of likely N-dealkylation sites (N-methyl/N-ethyl adjacent to an activating group) is 1. The van der Waals surface area contributed by atoms with Crippen molar-refractivity contribution < 1.29 is 27.3 Å². The van der Waals surface area contributed by atoms with Gasteiger partial charge in [-0.2, -0.15) is 13.2 Å². The predicted molar refractivity (Wildman–Crippen MR) is 112 cm³/mol. The molecule has 1 atom stereocenters. The number of hydrogen-bond acceptors (Lipinski definition) is 3. The number of nitrogens with one attached hydrogen (secondary N) is 2. The SMILES string of the molecule is Cc1ccc2c(C[NH+](C)CC(=O)Nc3ccc(Cl)c(C(F)(F)F)c3)cc(=O)oc2c1C. The van der Waals surface area contributed by atoms with Crippen molar-refractivity contribution in [2.75, 3.05) is 18.9 Å². The lowest BCUT2D eigenvalue weighted by Gasteiger charge is -2.16. The average Bonchev–Trinajstić information content (AvgIpc) is 2.65. The van der Waals surface area contributed by atoms with Crippen LogP contribution in [0.1, 0.15) is 22.3 Å². The van der Waals surface area contributed by atoms with Crippen LogP contribution in [-0.4, -0.2) is 19.5 Å². The highest BCUT2D eigenvalue weighted by molar-refractivity contribution is 6.31. The maximum atomic E-state index is 13.0. The molecule has 3 aromatic rings. The molecule has 0 saturated heterocycles. The van der Waals surface area contributed by atoms with Crippen LogP contribution in [-0.2, 0) is 17.5 Å². The summed E-state index contributed by atoms with van der Waals surface area (Å²) in [7, 11) is 1.75. The molecule has 0 radical (unpaired) electrons. The van der Waals surface area contributed by atoms with Gasteiger partial charge in [-0.05, 0) is 43.2 Å². The Morgan fingerprint density at radius 3 is 2.55 bits per heavy atom. The summed E-state index contributed by atoms with van der Waals surface area (Å²) >= 11 is 5.60. The fraction of sp³-hybridized carbons (Fsp3) is 0.273. The van der Waals surface area contributed by atoms with Crippen LogP contribution in [0.3, 0.4) is 0 Å². The van der Waals surface area contributed by atoms with Crippen molar-refractivity contribution in [3.63, 3.8) is 0 Å². The van der Waals surface area contributed by atoms with E-state index in [1.807, 2.05) is 26.0 Å². The summed E-state index contributed by atoms with van der Waals surface area (Å²) in [4.78, 5) is 25.1. The van der Waals surface area contributed by atoms with Crippen LogP contribution >= 0.6 is 11.6 Å². The molecule has 0 fully saturated rings. The highest BCUT2D eigenvalue weighted by atomic mass is 35.5. The number of alkyl halides is 3. The Hall–Kier alpha value is -2.84. The van der Waals surface area contributed by atoms with Crippen molar-refractivity contribution >= 4 is 34.2 Å². The van der Waals surface area contributed by atoms with Crippen LogP contribution in [0, 0.1) is 13.8 Å². The number of carbonyl (C=O) groups is 1. The Kier molecular flexibility index (Phi) is 6.43. The predicted octanol–water partition coefficient (Wildman–Crippen LogP) is 3.74. The first-order chi connectivity index (χ1) is 14.5. The second kappa shape index (κ2) is 8.72. The van der Waals surface area contributed by atoms with E-state index in [-0.39, 0.29) is 12.2 Å². The Bertz CT molecular complexity index is 1210. The molecular weight excluding hydrogens is 433 g/mol. The first-order valence-corrected chi connectivity index (χ1v) is 9.84. The van der Waals surface area contributed by atoms with Crippen LogP contribution in [0.15, 0.2) is 45.6 Å². The molecule has 5 nitrogen and oxygen atoms in total. The third-order valence-electron chi connectivity index (χ3n) is 5.03. The Morgan fingerprint density at radius 1 is 1.16 bits per heavy atom. The molecule has 164 valence electrons. The molecule has 0 saturated carbocycles. The van der Waals surface area contributed by atoms with Crippen molar-refractivity contribution in [3.05, 3.63) is 74.1 Å². The van der Waals surface area contributed by atoms with Crippen LogP contribution in [0.25, 0.3) is 11.0 Å². The van der Waals surface area contributed by atoms with E-state index in [0.717, 1.165) is 39.1 Å². The van der Waals surface area contributed by atoms with Crippen molar-refractivity contribution in [1.82, 2.24) is 0 Å².